The van der Waals surface area contributed by atoms with Crippen LogP contribution < -0.4 is 9.80 Å². The zero-order valence-electron chi connectivity index (χ0n) is 16.1. The highest BCUT2D eigenvalue weighted by Gasteiger charge is 2.59. The molecule has 0 aliphatic carbocycles. The number of carbonyl (C=O) groups excluding carboxylic acids is 2. The highest BCUT2D eigenvalue weighted by molar-refractivity contribution is 6.07. The molecule has 2 amide bonds. The van der Waals surface area contributed by atoms with Gasteiger partial charge in [0.25, 0.3) is 5.91 Å². The maximum atomic E-state index is 13.2. The van der Waals surface area contributed by atoms with Gasteiger partial charge in [-0.2, -0.15) is 0 Å². The van der Waals surface area contributed by atoms with Crippen molar-refractivity contribution in [3.63, 3.8) is 0 Å². The van der Waals surface area contributed by atoms with Crippen molar-refractivity contribution < 1.29 is 19.2 Å². The Balaban J connectivity index is 1.72. The molecule has 3 atom stereocenters. The first-order valence-electron chi connectivity index (χ1n) is 9.66. The number of carbonyl (C=O) groups is 2. The maximum Gasteiger partial charge on any atom is 0.261 e. The molecule has 146 valence electrons. The molecule has 0 bridgehead atoms. The number of amides is 2. The van der Waals surface area contributed by atoms with Crippen LogP contribution in [0.25, 0.3) is 0 Å². The number of hydroxylamine groups is 1. The fourth-order valence-electron chi connectivity index (χ4n) is 3.95. The number of likely N-dealkylation sites (tertiary alicyclic amines) is 1. The third kappa shape index (κ3) is 3.03. The molecule has 0 N–H and O–H groups in total. The van der Waals surface area contributed by atoms with Crippen molar-refractivity contribution >= 4 is 17.5 Å². The van der Waals surface area contributed by atoms with Gasteiger partial charge in [0.15, 0.2) is 6.10 Å². The van der Waals surface area contributed by atoms with Gasteiger partial charge in [-0.3, -0.25) is 19.3 Å². The topological polar surface area (TPSA) is 59.1 Å². The van der Waals surface area contributed by atoms with Crippen LogP contribution in [-0.4, -0.2) is 36.5 Å². The van der Waals surface area contributed by atoms with Gasteiger partial charge in [-0.15, -0.1) is 0 Å². The van der Waals surface area contributed by atoms with E-state index in [1.165, 1.54) is 4.90 Å². The molecule has 0 unspecified atom stereocenters. The van der Waals surface area contributed by atoms with Crippen LogP contribution in [0.4, 0.5) is 5.69 Å². The first kappa shape index (κ1) is 18.5. The average molecular weight is 380 g/mol. The van der Waals surface area contributed by atoms with E-state index in [1.54, 1.807) is 12.2 Å². The molecule has 0 spiro atoms. The summed E-state index contributed by atoms with van der Waals surface area (Å²) in [6.07, 6.45) is 0.939. The molecule has 2 fully saturated rings. The fourth-order valence-corrected chi connectivity index (χ4v) is 3.95. The molecular formula is C22H24N2O4. The Hall–Kier alpha value is -2.86. The number of unbranched alkanes of at least 4 members (excludes halogenated alkanes) is 1. The number of ether oxygens (including phenoxy) is 1. The molecule has 2 aromatic rings. The number of methoxy groups -OCH3 is 1. The van der Waals surface area contributed by atoms with E-state index in [1.807, 2.05) is 61.5 Å². The van der Waals surface area contributed by atoms with Gasteiger partial charge in [-0.1, -0.05) is 43.7 Å². The number of nitrogens with zero attached hydrogens (tertiary/aromatic N) is 2. The molecule has 0 aromatic heterocycles. The van der Waals surface area contributed by atoms with Gasteiger partial charge in [0.05, 0.1) is 18.8 Å². The number of hydrogen-bond acceptors (Lipinski definition) is 5. The summed E-state index contributed by atoms with van der Waals surface area (Å²) < 4.78 is 5.26. The summed E-state index contributed by atoms with van der Waals surface area (Å²) in [5.74, 6) is -0.204. The van der Waals surface area contributed by atoms with E-state index in [0.29, 0.717) is 6.54 Å². The van der Waals surface area contributed by atoms with E-state index >= 15 is 0 Å². The smallest absolute Gasteiger partial charge is 0.261 e. The lowest BCUT2D eigenvalue weighted by molar-refractivity contribution is -0.143. The highest BCUT2D eigenvalue weighted by atomic mass is 16.7. The third-order valence-corrected chi connectivity index (χ3v) is 5.41. The molecule has 4 rings (SSSR count). The minimum absolute atomic E-state index is 0.150. The summed E-state index contributed by atoms with van der Waals surface area (Å²) in [6, 6.07) is 16.8. The van der Waals surface area contributed by atoms with Gasteiger partial charge < -0.3 is 4.74 Å². The van der Waals surface area contributed by atoms with Crippen molar-refractivity contribution in [3.05, 3.63) is 60.2 Å². The van der Waals surface area contributed by atoms with Crippen molar-refractivity contribution in [1.82, 2.24) is 4.90 Å². The van der Waals surface area contributed by atoms with E-state index in [2.05, 4.69) is 0 Å². The zero-order chi connectivity index (χ0) is 19.7. The second kappa shape index (κ2) is 7.64. The van der Waals surface area contributed by atoms with Gasteiger partial charge in [-0.25, -0.2) is 5.06 Å². The normalized spacial score (nSPS) is 24.0. The molecule has 0 saturated carbocycles. The first-order valence-corrected chi connectivity index (χ1v) is 9.66. The van der Waals surface area contributed by atoms with Gasteiger partial charge in [0.2, 0.25) is 5.91 Å². The molecule has 2 saturated heterocycles. The van der Waals surface area contributed by atoms with E-state index in [4.69, 9.17) is 9.57 Å². The Morgan fingerprint density at radius 2 is 1.71 bits per heavy atom. The minimum Gasteiger partial charge on any atom is -0.497 e. The van der Waals surface area contributed by atoms with Crippen molar-refractivity contribution in [1.29, 1.82) is 0 Å². The largest absolute Gasteiger partial charge is 0.497 e. The number of anilines is 1. The molecule has 2 aliphatic heterocycles. The Kier molecular flexibility index (Phi) is 5.05. The van der Waals surface area contributed by atoms with Gasteiger partial charge in [0.1, 0.15) is 11.7 Å². The summed E-state index contributed by atoms with van der Waals surface area (Å²) in [5, 5.41) is 1.71. The molecule has 6 heteroatoms. The number of imide groups is 1. The molecular weight excluding hydrogens is 356 g/mol. The first-order chi connectivity index (χ1) is 13.7. The Morgan fingerprint density at radius 3 is 2.36 bits per heavy atom. The Bertz CT molecular complexity index is 853. The monoisotopic (exact) mass is 380 g/mol. The van der Waals surface area contributed by atoms with Crippen molar-refractivity contribution in [2.75, 3.05) is 18.7 Å². The average Bonchev–Trinajstić information content (AvgIpc) is 3.24. The second-order valence-corrected chi connectivity index (χ2v) is 7.11. The quantitative estimate of drug-likeness (QED) is 0.720. The van der Waals surface area contributed by atoms with E-state index < -0.39 is 12.0 Å². The predicted octanol–water partition coefficient (Wildman–Crippen LogP) is 3.34. The van der Waals surface area contributed by atoms with E-state index in [-0.39, 0.29) is 17.9 Å². The molecule has 28 heavy (non-hydrogen) atoms. The summed E-state index contributed by atoms with van der Waals surface area (Å²) >= 11 is 0. The Labute approximate surface area is 164 Å². The molecule has 0 radical (unpaired) electrons. The van der Waals surface area contributed by atoms with Crippen LogP contribution in [0.15, 0.2) is 54.6 Å². The van der Waals surface area contributed by atoms with E-state index in [9.17, 15) is 9.59 Å². The third-order valence-electron chi connectivity index (χ3n) is 5.41. The predicted molar refractivity (Wildman–Crippen MR) is 105 cm³/mol. The van der Waals surface area contributed by atoms with Gasteiger partial charge in [-0.05, 0) is 36.2 Å². The lowest BCUT2D eigenvalue weighted by atomic mass is 9.90. The summed E-state index contributed by atoms with van der Waals surface area (Å²) in [6.45, 7) is 2.49. The van der Waals surface area contributed by atoms with Crippen molar-refractivity contribution in [2.24, 2.45) is 5.92 Å². The lowest BCUT2D eigenvalue weighted by Gasteiger charge is -2.28. The summed E-state index contributed by atoms with van der Waals surface area (Å²) in [7, 11) is 1.62. The summed E-state index contributed by atoms with van der Waals surface area (Å²) in [5.41, 5.74) is 1.73. The zero-order valence-corrected chi connectivity index (χ0v) is 16.1. The standard InChI is InChI=1S/C22H24N2O4/c1-3-4-14-23-21(25)18-19(15-10-12-17(27-2)13-11-15)24(28-20(18)22(23)26)16-8-6-5-7-9-16/h5-13,18-20H,3-4,14H2,1-2H3/t18-,19+,20-/m0/s1. The lowest BCUT2D eigenvalue weighted by Crippen LogP contribution is -2.37. The van der Waals surface area contributed by atoms with Crippen molar-refractivity contribution in [2.45, 2.75) is 31.9 Å². The summed E-state index contributed by atoms with van der Waals surface area (Å²) in [4.78, 5) is 33.5. The van der Waals surface area contributed by atoms with Crippen molar-refractivity contribution in [3.8, 4) is 5.75 Å². The van der Waals surface area contributed by atoms with Crippen LogP contribution in [0.2, 0.25) is 0 Å². The highest BCUT2D eigenvalue weighted by Crippen LogP contribution is 2.46. The van der Waals surface area contributed by atoms with Crippen LogP contribution in [0.5, 0.6) is 5.75 Å². The van der Waals surface area contributed by atoms with Gasteiger partial charge >= 0.3 is 0 Å². The van der Waals surface area contributed by atoms with Crippen LogP contribution in [0.3, 0.4) is 0 Å². The van der Waals surface area contributed by atoms with E-state index in [0.717, 1.165) is 29.8 Å². The number of hydrogen-bond donors (Lipinski definition) is 0. The van der Waals surface area contributed by atoms with Gasteiger partial charge in [0, 0.05) is 6.54 Å². The molecule has 2 aromatic carbocycles. The van der Waals surface area contributed by atoms with Crippen LogP contribution in [0, 0.1) is 5.92 Å². The second-order valence-electron chi connectivity index (χ2n) is 7.11. The molecule has 6 nitrogen and oxygen atoms in total. The van der Waals surface area contributed by atoms with Crippen LogP contribution >= 0.6 is 0 Å². The van der Waals surface area contributed by atoms with Crippen LogP contribution in [-0.2, 0) is 14.4 Å². The number of rotatable bonds is 6. The SMILES string of the molecule is CCCCN1C(=O)[C@@H]2[C@H](ON(c3ccccc3)[C@@H]2c2ccc(OC)cc2)C1=O. The van der Waals surface area contributed by atoms with Crippen LogP contribution in [0.1, 0.15) is 31.4 Å². The number of para-hydroxylation sites is 1. The fraction of sp³-hybridized carbons (Fsp3) is 0.364. The maximum absolute atomic E-state index is 13.2. The molecule has 2 aliphatic rings. The minimum atomic E-state index is -0.781. The number of benzene rings is 2. The Morgan fingerprint density at radius 1 is 1.00 bits per heavy atom. The molecule has 2 heterocycles. The number of fused-ring (bicyclic) bond motifs is 1.